The standard InChI is InChI=1S/C15H16Cl2N2O2S/c1-14(2)11-12(20)18(10-6-8(16)5-9(17)7-10)13(21)19(11)15(3,4)22-14/h5-7,11H,1-4H3. The van der Waals surface area contributed by atoms with Gasteiger partial charge in [0.15, 0.2) is 0 Å². The third-order valence-corrected chi connectivity index (χ3v) is 5.85. The SMILES string of the molecule is CC1(C)SC(C)(C)N2C(=O)N(c3cc(Cl)cc(Cl)c3)C(=O)C21. The van der Waals surface area contributed by atoms with Crippen molar-refractivity contribution >= 4 is 52.6 Å². The van der Waals surface area contributed by atoms with Gasteiger partial charge in [-0.05, 0) is 45.9 Å². The van der Waals surface area contributed by atoms with Crippen molar-refractivity contribution in [2.75, 3.05) is 4.90 Å². The molecule has 1 aromatic carbocycles. The minimum Gasteiger partial charge on any atom is -0.296 e. The first-order valence-corrected chi connectivity index (χ1v) is 8.45. The Hall–Kier alpha value is -0.910. The molecule has 4 nitrogen and oxygen atoms in total. The first-order valence-electron chi connectivity index (χ1n) is 6.88. The van der Waals surface area contributed by atoms with Gasteiger partial charge in [0.2, 0.25) is 0 Å². The molecule has 2 aliphatic heterocycles. The normalized spacial score (nSPS) is 25.8. The minimum absolute atomic E-state index is 0.230. The van der Waals surface area contributed by atoms with E-state index in [4.69, 9.17) is 23.2 Å². The molecule has 0 N–H and O–H groups in total. The van der Waals surface area contributed by atoms with Crippen LogP contribution in [0.2, 0.25) is 10.0 Å². The van der Waals surface area contributed by atoms with Crippen LogP contribution in [0.15, 0.2) is 18.2 Å². The Kier molecular flexibility index (Phi) is 3.48. The van der Waals surface area contributed by atoms with Crippen molar-refractivity contribution < 1.29 is 9.59 Å². The fourth-order valence-corrected chi connectivity index (χ4v) is 5.75. The third kappa shape index (κ3) is 2.22. The van der Waals surface area contributed by atoms with Crippen LogP contribution in [0.25, 0.3) is 0 Å². The zero-order valence-corrected chi connectivity index (χ0v) is 15.0. The van der Waals surface area contributed by atoms with Crippen LogP contribution < -0.4 is 4.90 Å². The number of nitrogens with zero attached hydrogens (tertiary/aromatic N) is 2. The highest BCUT2D eigenvalue weighted by atomic mass is 35.5. The summed E-state index contributed by atoms with van der Waals surface area (Å²) in [6, 6.07) is 3.92. The monoisotopic (exact) mass is 358 g/mol. The summed E-state index contributed by atoms with van der Waals surface area (Å²) in [6.07, 6.45) is 0. The van der Waals surface area contributed by atoms with Gasteiger partial charge in [-0.25, -0.2) is 9.69 Å². The van der Waals surface area contributed by atoms with Gasteiger partial charge in [0, 0.05) is 14.8 Å². The van der Waals surface area contributed by atoms with E-state index in [2.05, 4.69) is 0 Å². The molecule has 3 amide bonds. The van der Waals surface area contributed by atoms with E-state index in [1.54, 1.807) is 34.9 Å². The number of rotatable bonds is 1. The van der Waals surface area contributed by atoms with Crippen molar-refractivity contribution in [3.8, 4) is 0 Å². The predicted octanol–water partition coefficient (Wildman–Crippen LogP) is 4.39. The summed E-state index contributed by atoms with van der Waals surface area (Å²) < 4.78 is -0.354. The summed E-state index contributed by atoms with van der Waals surface area (Å²) in [4.78, 5) is 28.1. The smallest absolute Gasteiger partial charge is 0.296 e. The van der Waals surface area contributed by atoms with Crippen LogP contribution in [0.5, 0.6) is 0 Å². The predicted molar refractivity (Wildman–Crippen MR) is 90.7 cm³/mol. The van der Waals surface area contributed by atoms with Crippen LogP contribution in [0.4, 0.5) is 10.5 Å². The van der Waals surface area contributed by atoms with E-state index in [1.807, 2.05) is 27.7 Å². The molecular formula is C15H16Cl2N2O2S. The van der Waals surface area contributed by atoms with Crippen molar-refractivity contribution in [3.05, 3.63) is 28.2 Å². The molecule has 2 fully saturated rings. The lowest BCUT2D eigenvalue weighted by Gasteiger charge is -2.29. The lowest BCUT2D eigenvalue weighted by atomic mass is 10.0. The summed E-state index contributed by atoms with van der Waals surface area (Å²) in [6.45, 7) is 7.89. The van der Waals surface area contributed by atoms with E-state index in [-0.39, 0.29) is 16.7 Å². The Morgan fingerprint density at radius 2 is 1.59 bits per heavy atom. The molecule has 0 bridgehead atoms. The van der Waals surface area contributed by atoms with Crippen LogP contribution in [-0.2, 0) is 4.79 Å². The fraction of sp³-hybridized carbons (Fsp3) is 0.467. The van der Waals surface area contributed by atoms with Gasteiger partial charge < -0.3 is 0 Å². The minimum atomic E-state index is -0.488. The van der Waals surface area contributed by atoms with Crippen molar-refractivity contribution in [1.29, 1.82) is 0 Å². The van der Waals surface area contributed by atoms with E-state index in [0.717, 1.165) is 0 Å². The Labute approximate surface area is 143 Å². The number of amides is 3. The number of hydrogen-bond donors (Lipinski definition) is 0. The molecule has 118 valence electrons. The Balaban J connectivity index is 2.10. The Morgan fingerprint density at radius 1 is 1.05 bits per heavy atom. The van der Waals surface area contributed by atoms with Gasteiger partial charge in [-0.15, -0.1) is 11.8 Å². The molecule has 22 heavy (non-hydrogen) atoms. The highest BCUT2D eigenvalue weighted by molar-refractivity contribution is 8.02. The highest BCUT2D eigenvalue weighted by Crippen LogP contribution is 2.54. The molecular weight excluding hydrogens is 343 g/mol. The van der Waals surface area contributed by atoms with E-state index in [9.17, 15) is 9.59 Å². The molecule has 1 aromatic rings. The van der Waals surface area contributed by atoms with Gasteiger partial charge in [0.1, 0.15) is 6.04 Å². The lowest BCUT2D eigenvalue weighted by molar-refractivity contribution is -0.120. The summed E-state index contributed by atoms with van der Waals surface area (Å²) in [5.41, 5.74) is 0.415. The van der Waals surface area contributed by atoms with Crippen LogP contribution in [0.3, 0.4) is 0 Å². The van der Waals surface area contributed by atoms with E-state index in [0.29, 0.717) is 15.7 Å². The molecule has 2 saturated heterocycles. The molecule has 1 unspecified atom stereocenters. The zero-order valence-electron chi connectivity index (χ0n) is 12.7. The second-order valence-corrected chi connectivity index (χ2v) is 9.64. The number of benzene rings is 1. The summed E-state index contributed by atoms with van der Waals surface area (Å²) in [5, 5.41) is 0.783. The number of halogens is 2. The fourth-order valence-electron chi connectivity index (χ4n) is 3.35. The van der Waals surface area contributed by atoms with E-state index >= 15 is 0 Å². The van der Waals surface area contributed by atoms with E-state index < -0.39 is 10.9 Å². The number of imide groups is 1. The Bertz CT molecular complexity index is 638. The van der Waals surface area contributed by atoms with Crippen LogP contribution in [0.1, 0.15) is 27.7 Å². The molecule has 0 aromatic heterocycles. The van der Waals surface area contributed by atoms with Crippen molar-refractivity contribution in [1.82, 2.24) is 4.90 Å². The molecule has 2 heterocycles. The molecule has 7 heteroatoms. The summed E-state index contributed by atoms with van der Waals surface area (Å²) >= 11 is 13.6. The average Bonchev–Trinajstić information content (AvgIpc) is 2.69. The van der Waals surface area contributed by atoms with Gasteiger partial charge in [0.25, 0.3) is 5.91 Å². The molecule has 0 spiro atoms. The van der Waals surface area contributed by atoms with Crippen molar-refractivity contribution in [2.24, 2.45) is 0 Å². The number of carbonyl (C=O) groups is 2. The zero-order chi connectivity index (χ0) is 16.4. The van der Waals surface area contributed by atoms with Gasteiger partial charge in [-0.3, -0.25) is 9.69 Å². The first kappa shape index (κ1) is 16.0. The number of thioether (sulfide) groups is 1. The molecule has 2 aliphatic rings. The number of urea groups is 1. The van der Waals surface area contributed by atoms with Crippen LogP contribution in [-0.4, -0.2) is 32.5 Å². The van der Waals surface area contributed by atoms with Gasteiger partial charge in [0.05, 0.1) is 10.6 Å². The summed E-state index contributed by atoms with van der Waals surface area (Å²) in [7, 11) is 0. The van der Waals surface area contributed by atoms with E-state index in [1.165, 1.54) is 4.90 Å². The average molecular weight is 359 g/mol. The third-order valence-electron chi connectivity index (χ3n) is 3.97. The van der Waals surface area contributed by atoms with Gasteiger partial charge in [-0.1, -0.05) is 23.2 Å². The topological polar surface area (TPSA) is 40.6 Å². The maximum Gasteiger partial charge on any atom is 0.333 e. The Morgan fingerprint density at radius 3 is 2.09 bits per heavy atom. The first-order chi connectivity index (χ1) is 10.0. The maximum atomic E-state index is 12.9. The molecule has 0 saturated carbocycles. The maximum absolute atomic E-state index is 12.9. The van der Waals surface area contributed by atoms with Gasteiger partial charge in [-0.2, -0.15) is 0 Å². The number of anilines is 1. The van der Waals surface area contributed by atoms with Crippen LogP contribution in [0, 0.1) is 0 Å². The molecule has 1 atom stereocenters. The van der Waals surface area contributed by atoms with Crippen molar-refractivity contribution in [3.63, 3.8) is 0 Å². The van der Waals surface area contributed by atoms with Crippen LogP contribution >= 0.6 is 35.0 Å². The lowest BCUT2D eigenvalue weighted by Crippen LogP contribution is -2.45. The number of hydrogen-bond acceptors (Lipinski definition) is 3. The van der Waals surface area contributed by atoms with Crippen molar-refractivity contribution in [2.45, 2.75) is 43.4 Å². The summed E-state index contributed by atoms with van der Waals surface area (Å²) in [5.74, 6) is -0.230. The number of carbonyl (C=O) groups excluding carboxylic acids is 2. The molecule has 0 radical (unpaired) electrons. The second kappa shape index (κ2) is 4.79. The van der Waals surface area contributed by atoms with Gasteiger partial charge >= 0.3 is 6.03 Å². The largest absolute Gasteiger partial charge is 0.333 e. The second-order valence-electron chi connectivity index (χ2n) is 6.51. The number of fused-ring (bicyclic) bond motifs is 1. The molecule has 0 aliphatic carbocycles. The highest BCUT2D eigenvalue weighted by Gasteiger charge is 2.63. The molecule has 3 rings (SSSR count). The quantitative estimate of drug-likeness (QED) is 0.698.